The Hall–Kier alpha value is -1.32. The molecule has 1 N–H and O–H groups in total. The van der Waals surface area contributed by atoms with Gasteiger partial charge in [0.2, 0.25) is 0 Å². The van der Waals surface area contributed by atoms with Crippen LogP contribution in [0.15, 0.2) is 34.7 Å². The summed E-state index contributed by atoms with van der Waals surface area (Å²) in [6.07, 6.45) is -0.518. The minimum atomic E-state index is -0.817. The van der Waals surface area contributed by atoms with E-state index in [-0.39, 0.29) is 11.0 Å². The fourth-order valence-electron chi connectivity index (χ4n) is 1.68. The Kier molecular flexibility index (Phi) is 3.50. The lowest BCUT2D eigenvalue weighted by Gasteiger charge is -2.10. The number of benzene rings is 1. The molecule has 0 spiro atoms. The van der Waals surface area contributed by atoms with Gasteiger partial charge in [0, 0.05) is 6.42 Å². The molecule has 1 atom stereocenters. The Balaban J connectivity index is 2.18. The van der Waals surface area contributed by atoms with Crippen molar-refractivity contribution in [3.8, 4) is 0 Å². The van der Waals surface area contributed by atoms with Crippen molar-refractivity contribution in [2.24, 2.45) is 0 Å². The summed E-state index contributed by atoms with van der Waals surface area (Å²) in [6, 6.07) is 7.69. The van der Waals surface area contributed by atoms with Crippen LogP contribution in [0.5, 0.6) is 0 Å². The maximum Gasteiger partial charge on any atom is 0.193 e. The largest absolute Gasteiger partial charge is 0.447 e. The second-order valence-corrected chi connectivity index (χ2v) is 4.31. The first-order chi connectivity index (χ1) is 8.06. The molecule has 0 aliphatic heterocycles. The van der Waals surface area contributed by atoms with Crippen molar-refractivity contribution in [3.05, 3.63) is 58.3 Å². The Morgan fingerprint density at radius 2 is 2.12 bits per heavy atom. The lowest BCUT2D eigenvalue weighted by molar-refractivity contribution is 0.150. The molecule has 0 aliphatic carbocycles. The number of hydrogen-bond acceptors (Lipinski definition) is 2. The van der Waals surface area contributed by atoms with Crippen molar-refractivity contribution in [2.45, 2.75) is 19.4 Å². The van der Waals surface area contributed by atoms with E-state index in [0.717, 1.165) is 11.1 Å². The van der Waals surface area contributed by atoms with E-state index in [2.05, 4.69) is 0 Å². The Morgan fingerprint density at radius 1 is 1.35 bits per heavy atom. The van der Waals surface area contributed by atoms with Crippen molar-refractivity contribution < 1.29 is 13.9 Å². The number of aliphatic hydroxyl groups is 1. The highest BCUT2D eigenvalue weighted by atomic mass is 35.5. The zero-order chi connectivity index (χ0) is 12.4. The SMILES string of the molecule is Cc1ccc(F)cc1CC(O)c1ccc(Cl)o1. The predicted molar refractivity (Wildman–Crippen MR) is 63.5 cm³/mol. The molecule has 1 aromatic heterocycles. The van der Waals surface area contributed by atoms with Gasteiger partial charge in [0.05, 0.1) is 0 Å². The zero-order valence-corrected chi connectivity index (χ0v) is 10.0. The van der Waals surface area contributed by atoms with E-state index < -0.39 is 6.10 Å². The minimum Gasteiger partial charge on any atom is -0.447 e. The molecule has 0 radical (unpaired) electrons. The highest BCUT2D eigenvalue weighted by Crippen LogP contribution is 2.24. The number of halogens is 2. The molecular formula is C13H12ClFO2. The monoisotopic (exact) mass is 254 g/mol. The second-order valence-electron chi connectivity index (χ2n) is 3.93. The molecule has 0 fully saturated rings. The van der Waals surface area contributed by atoms with Crippen LogP contribution in [0.1, 0.15) is 23.0 Å². The van der Waals surface area contributed by atoms with Gasteiger partial charge < -0.3 is 9.52 Å². The number of rotatable bonds is 3. The molecule has 0 aliphatic rings. The summed E-state index contributed by atoms with van der Waals surface area (Å²) in [4.78, 5) is 0. The standard InChI is InChI=1S/C13H12ClFO2/c1-8-2-3-10(15)6-9(8)7-11(16)12-4-5-13(14)17-12/h2-6,11,16H,7H2,1H3. The fourth-order valence-corrected chi connectivity index (χ4v) is 1.83. The van der Waals surface area contributed by atoms with Gasteiger partial charge in [0.25, 0.3) is 0 Å². The lowest BCUT2D eigenvalue weighted by Crippen LogP contribution is -2.02. The van der Waals surface area contributed by atoms with Gasteiger partial charge in [-0.3, -0.25) is 0 Å². The molecule has 1 heterocycles. The predicted octanol–water partition coefficient (Wildman–Crippen LogP) is 3.66. The first-order valence-electron chi connectivity index (χ1n) is 5.24. The molecule has 4 heteroatoms. The van der Waals surface area contributed by atoms with Crippen molar-refractivity contribution in [2.75, 3.05) is 0 Å². The molecule has 0 saturated heterocycles. The maximum atomic E-state index is 13.1. The van der Waals surface area contributed by atoms with Gasteiger partial charge in [-0.05, 0) is 53.9 Å². The second kappa shape index (κ2) is 4.90. The molecule has 2 rings (SSSR count). The third-order valence-electron chi connectivity index (χ3n) is 2.65. The van der Waals surface area contributed by atoms with E-state index in [0.29, 0.717) is 12.2 Å². The summed E-state index contributed by atoms with van der Waals surface area (Å²) in [5.74, 6) is 0.0777. The lowest BCUT2D eigenvalue weighted by atomic mass is 10.0. The Morgan fingerprint density at radius 3 is 2.76 bits per heavy atom. The number of aliphatic hydroxyl groups excluding tert-OH is 1. The average Bonchev–Trinajstić information content (AvgIpc) is 2.70. The van der Waals surface area contributed by atoms with Crippen molar-refractivity contribution in [1.82, 2.24) is 0 Å². The third kappa shape index (κ3) is 2.87. The minimum absolute atomic E-state index is 0.231. The van der Waals surface area contributed by atoms with Gasteiger partial charge in [0.15, 0.2) is 5.22 Å². The summed E-state index contributed by atoms with van der Waals surface area (Å²) < 4.78 is 18.2. The summed E-state index contributed by atoms with van der Waals surface area (Å²) >= 11 is 5.63. The maximum absolute atomic E-state index is 13.1. The highest BCUT2D eigenvalue weighted by molar-refractivity contribution is 6.28. The first-order valence-corrected chi connectivity index (χ1v) is 5.62. The van der Waals surface area contributed by atoms with Crippen molar-refractivity contribution in [1.29, 1.82) is 0 Å². The highest BCUT2D eigenvalue weighted by Gasteiger charge is 2.14. The number of aryl methyl sites for hydroxylation is 1. The molecule has 2 nitrogen and oxygen atoms in total. The quantitative estimate of drug-likeness (QED) is 0.907. The molecule has 90 valence electrons. The van der Waals surface area contributed by atoms with Crippen LogP contribution in [0.2, 0.25) is 5.22 Å². The molecule has 1 unspecified atom stereocenters. The van der Waals surface area contributed by atoms with Crippen LogP contribution < -0.4 is 0 Å². The molecule has 0 saturated carbocycles. The average molecular weight is 255 g/mol. The van der Waals surface area contributed by atoms with Gasteiger partial charge in [0.1, 0.15) is 17.7 Å². The van der Waals surface area contributed by atoms with Crippen LogP contribution in [0, 0.1) is 12.7 Å². The van der Waals surface area contributed by atoms with Crippen LogP contribution in [-0.4, -0.2) is 5.11 Å². The Bertz CT molecular complexity index is 522. The fraction of sp³-hybridized carbons (Fsp3) is 0.231. The normalized spacial score (nSPS) is 12.7. The van der Waals surface area contributed by atoms with E-state index in [4.69, 9.17) is 16.0 Å². The molecule has 17 heavy (non-hydrogen) atoms. The van der Waals surface area contributed by atoms with Crippen LogP contribution in [0.25, 0.3) is 0 Å². The van der Waals surface area contributed by atoms with Crippen LogP contribution in [0.4, 0.5) is 4.39 Å². The molecule has 2 aromatic rings. The third-order valence-corrected chi connectivity index (χ3v) is 2.85. The molecule has 1 aromatic carbocycles. The van der Waals surface area contributed by atoms with Gasteiger partial charge >= 0.3 is 0 Å². The van der Waals surface area contributed by atoms with Gasteiger partial charge in [-0.1, -0.05) is 6.07 Å². The van der Waals surface area contributed by atoms with E-state index in [1.165, 1.54) is 12.1 Å². The van der Waals surface area contributed by atoms with Gasteiger partial charge in [-0.2, -0.15) is 0 Å². The van der Waals surface area contributed by atoms with Crippen LogP contribution >= 0.6 is 11.6 Å². The number of furan rings is 1. The van der Waals surface area contributed by atoms with Crippen molar-refractivity contribution in [3.63, 3.8) is 0 Å². The van der Waals surface area contributed by atoms with Gasteiger partial charge in [-0.25, -0.2) is 4.39 Å². The van der Waals surface area contributed by atoms with E-state index in [1.807, 2.05) is 6.92 Å². The Labute approximate surface area is 104 Å². The molecule has 0 amide bonds. The number of hydrogen-bond donors (Lipinski definition) is 1. The van der Waals surface area contributed by atoms with Crippen molar-refractivity contribution >= 4 is 11.6 Å². The molecular weight excluding hydrogens is 243 g/mol. The van der Waals surface area contributed by atoms with Crippen LogP contribution in [-0.2, 0) is 6.42 Å². The van der Waals surface area contributed by atoms with Gasteiger partial charge in [-0.15, -0.1) is 0 Å². The van der Waals surface area contributed by atoms with Crippen LogP contribution in [0.3, 0.4) is 0 Å². The summed E-state index contributed by atoms with van der Waals surface area (Å²) in [5.41, 5.74) is 1.69. The summed E-state index contributed by atoms with van der Waals surface area (Å²) in [6.45, 7) is 1.87. The first kappa shape index (κ1) is 12.1. The smallest absolute Gasteiger partial charge is 0.193 e. The molecule has 0 bridgehead atoms. The summed E-state index contributed by atoms with van der Waals surface area (Å²) in [5, 5.41) is 10.2. The van der Waals surface area contributed by atoms with E-state index in [9.17, 15) is 9.50 Å². The summed E-state index contributed by atoms with van der Waals surface area (Å²) in [7, 11) is 0. The van der Waals surface area contributed by atoms with E-state index in [1.54, 1.807) is 18.2 Å². The zero-order valence-electron chi connectivity index (χ0n) is 9.28. The topological polar surface area (TPSA) is 33.4 Å². The van der Waals surface area contributed by atoms with E-state index >= 15 is 0 Å².